The molecule has 7 nitrogen and oxygen atoms in total. The minimum atomic E-state index is -3.65. The zero-order valence-corrected chi connectivity index (χ0v) is 18.8. The van der Waals surface area contributed by atoms with E-state index in [1.54, 1.807) is 12.1 Å². The molecular formula is C24H28N2O5S. The van der Waals surface area contributed by atoms with Crippen LogP contribution in [0, 0.1) is 5.92 Å². The molecule has 8 heteroatoms. The van der Waals surface area contributed by atoms with Crippen molar-refractivity contribution in [1.82, 2.24) is 9.62 Å². The Morgan fingerprint density at radius 3 is 2.31 bits per heavy atom. The van der Waals surface area contributed by atoms with Crippen LogP contribution in [0.5, 0.6) is 11.5 Å². The van der Waals surface area contributed by atoms with Crippen molar-refractivity contribution in [1.29, 1.82) is 0 Å². The first-order chi connectivity index (χ1) is 15.5. The molecule has 1 aliphatic carbocycles. The van der Waals surface area contributed by atoms with Crippen LogP contribution >= 0.6 is 0 Å². The molecule has 0 aromatic heterocycles. The van der Waals surface area contributed by atoms with Crippen molar-refractivity contribution >= 4 is 15.9 Å². The molecule has 2 aliphatic heterocycles. The van der Waals surface area contributed by atoms with Gasteiger partial charge in [-0.15, -0.1) is 0 Å². The first kappa shape index (κ1) is 21.3. The molecule has 2 heterocycles. The number of carbonyl (C=O) groups is 1. The lowest BCUT2D eigenvalue weighted by Gasteiger charge is -2.44. The number of piperidine rings is 1. The van der Waals surface area contributed by atoms with Crippen LogP contribution in [0.1, 0.15) is 37.7 Å². The molecule has 3 aliphatic rings. The van der Waals surface area contributed by atoms with Gasteiger partial charge in [-0.1, -0.05) is 30.3 Å². The zero-order valence-electron chi connectivity index (χ0n) is 18.0. The number of amides is 1. The summed E-state index contributed by atoms with van der Waals surface area (Å²) < 4.78 is 38.8. The van der Waals surface area contributed by atoms with E-state index in [4.69, 9.17) is 9.47 Å². The van der Waals surface area contributed by atoms with Crippen LogP contribution in [0.25, 0.3) is 0 Å². The Morgan fingerprint density at radius 2 is 1.66 bits per heavy atom. The maximum atomic E-state index is 13.1. The summed E-state index contributed by atoms with van der Waals surface area (Å²) in [6.45, 7) is 1.52. The van der Waals surface area contributed by atoms with E-state index in [0.29, 0.717) is 50.6 Å². The van der Waals surface area contributed by atoms with Crippen molar-refractivity contribution in [2.45, 2.75) is 42.5 Å². The van der Waals surface area contributed by atoms with Crippen molar-refractivity contribution in [2.75, 3.05) is 26.3 Å². The summed E-state index contributed by atoms with van der Waals surface area (Å²) in [4.78, 5) is 13.3. The predicted octanol–water partition coefficient (Wildman–Crippen LogP) is 3.05. The van der Waals surface area contributed by atoms with Crippen LogP contribution in [0.2, 0.25) is 0 Å². The Labute approximate surface area is 188 Å². The van der Waals surface area contributed by atoms with Crippen LogP contribution < -0.4 is 14.8 Å². The second kappa shape index (κ2) is 8.41. The van der Waals surface area contributed by atoms with Gasteiger partial charge in [0.1, 0.15) is 13.2 Å². The lowest BCUT2D eigenvalue weighted by atomic mass is 9.71. The number of ether oxygens (including phenoxy) is 2. The summed E-state index contributed by atoms with van der Waals surface area (Å²) >= 11 is 0. The van der Waals surface area contributed by atoms with E-state index in [1.165, 1.54) is 10.4 Å². The molecule has 0 unspecified atom stereocenters. The van der Waals surface area contributed by atoms with Crippen LogP contribution in [-0.2, 0) is 20.4 Å². The van der Waals surface area contributed by atoms with Gasteiger partial charge >= 0.3 is 0 Å². The third kappa shape index (κ3) is 3.86. The summed E-state index contributed by atoms with van der Waals surface area (Å²) in [5.41, 5.74) is 0.880. The van der Waals surface area contributed by atoms with Crippen LogP contribution in [-0.4, -0.2) is 44.9 Å². The Morgan fingerprint density at radius 1 is 0.969 bits per heavy atom. The zero-order chi connectivity index (χ0) is 22.2. The van der Waals surface area contributed by atoms with E-state index >= 15 is 0 Å². The van der Waals surface area contributed by atoms with E-state index in [1.807, 2.05) is 18.2 Å². The lowest BCUT2D eigenvalue weighted by molar-refractivity contribution is -0.129. The monoisotopic (exact) mass is 456 g/mol. The largest absolute Gasteiger partial charge is 0.486 e. The third-order valence-electron chi connectivity index (χ3n) is 6.87. The molecule has 0 spiro atoms. The first-order valence-electron chi connectivity index (χ1n) is 11.3. The van der Waals surface area contributed by atoms with Gasteiger partial charge in [0.2, 0.25) is 15.9 Å². The molecule has 2 aromatic carbocycles. The van der Waals surface area contributed by atoms with E-state index in [9.17, 15) is 13.2 Å². The fraction of sp³-hybridized carbons (Fsp3) is 0.458. The maximum absolute atomic E-state index is 13.1. The second-order valence-electron chi connectivity index (χ2n) is 8.77. The number of nitrogens with one attached hydrogen (secondary N) is 1. The van der Waals surface area contributed by atoms with Crippen molar-refractivity contribution in [3.8, 4) is 11.5 Å². The number of sulfonamides is 1. The maximum Gasteiger partial charge on any atom is 0.243 e. The highest BCUT2D eigenvalue weighted by molar-refractivity contribution is 7.89. The predicted molar refractivity (Wildman–Crippen MR) is 119 cm³/mol. The van der Waals surface area contributed by atoms with Gasteiger partial charge in [-0.05, 0) is 49.8 Å². The molecule has 170 valence electrons. The van der Waals surface area contributed by atoms with Crippen molar-refractivity contribution < 1.29 is 22.7 Å². The van der Waals surface area contributed by atoms with Crippen molar-refractivity contribution in [3.63, 3.8) is 0 Å². The van der Waals surface area contributed by atoms with Gasteiger partial charge in [-0.25, -0.2) is 8.42 Å². The summed E-state index contributed by atoms with van der Waals surface area (Å²) in [5, 5.41) is 3.30. The molecule has 1 amide bonds. The Balaban J connectivity index is 1.23. The molecule has 1 saturated carbocycles. The molecule has 0 bridgehead atoms. The molecule has 0 radical (unpaired) electrons. The number of fused-ring (bicyclic) bond motifs is 1. The fourth-order valence-corrected chi connectivity index (χ4v) is 6.29. The van der Waals surface area contributed by atoms with Gasteiger partial charge in [0.25, 0.3) is 0 Å². The average Bonchev–Trinajstić information content (AvgIpc) is 2.81. The normalized spacial score (nSPS) is 20.9. The fourth-order valence-electron chi connectivity index (χ4n) is 4.80. The third-order valence-corrected chi connectivity index (χ3v) is 8.77. The molecule has 5 rings (SSSR count). The topological polar surface area (TPSA) is 84.9 Å². The average molecular weight is 457 g/mol. The highest BCUT2D eigenvalue weighted by atomic mass is 32.2. The standard InChI is InChI=1S/C24H28N2O5S/c27-23(25-24(11-4-12-24)19-5-2-1-3-6-19)18-9-13-26(14-10-18)32(28,29)20-7-8-21-22(17-20)31-16-15-30-21/h1-3,5-8,17-18H,4,9-16H2,(H,25,27). The van der Waals surface area contributed by atoms with E-state index in [2.05, 4.69) is 17.4 Å². The quantitative estimate of drug-likeness (QED) is 0.748. The molecule has 2 fully saturated rings. The Hall–Kier alpha value is -2.58. The number of nitrogens with zero attached hydrogens (tertiary/aromatic N) is 1. The first-order valence-corrected chi connectivity index (χ1v) is 12.7. The van der Waals surface area contributed by atoms with Gasteiger partial charge in [0.15, 0.2) is 11.5 Å². The smallest absolute Gasteiger partial charge is 0.243 e. The number of benzene rings is 2. The molecule has 0 atom stereocenters. The SMILES string of the molecule is O=C(NC1(c2ccccc2)CCC1)C1CCN(S(=O)(=O)c2ccc3c(c2)OCCO3)CC1. The molecule has 1 saturated heterocycles. The van der Waals surface area contributed by atoms with Gasteiger partial charge in [0.05, 0.1) is 10.4 Å². The van der Waals surface area contributed by atoms with Crippen molar-refractivity contribution in [2.24, 2.45) is 5.92 Å². The summed E-state index contributed by atoms with van der Waals surface area (Å²) in [6.07, 6.45) is 4.02. The van der Waals surface area contributed by atoms with Crippen molar-refractivity contribution in [3.05, 3.63) is 54.1 Å². The summed E-state index contributed by atoms with van der Waals surface area (Å²) in [6, 6.07) is 14.9. The second-order valence-corrected chi connectivity index (χ2v) is 10.7. The molecule has 32 heavy (non-hydrogen) atoms. The van der Waals surface area contributed by atoms with Gasteiger partial charge in [0, 0.05) is 25.1 Å². The van der Waals surface area contributed by atoms with Gasteiger partial charge < -0.3 is 14.8 Å². The molecular weight excluding hydrogens is 428 g/mol. The summed E-state index contributed by atoms with van der Waals surface area (Å²) in [5.74, 6) is 0.875. The van der Waals surface area contributed by atoms with Crippen LogP contribution in [0.3, 0.4) is 0 Å². The number of carbonyl (C=O) groups excluding carboxylic acids is 1. The molecule has 1 N–H and O–H groups in total. The van der Waals surface area contributed by atoms with Gasteiger partial charge in [-0.3, -0.25) is 4.79 Å². The summed E-state index contributed by atoms with van der Waals surface area (Å²) in [7, 11) is -3.65. The number of hydrogen-bond donors (Lipinski definition) is 1. The van der Waals surface area contributed by atoms with Crippen LogP contribution in [0.15, 0.2) is 53.4 Å². The minimum absolute atomic E-state index is 0.0323. The number of rotatable bonds is 5. The highest BCUT2D eigenvalue weighted by Gasteiger charge is 2.42. The van der Waals surface area contributed by atoms with E-state index in [-0.39, 0.29) is 22.3 Å². The van der Waals surface area contributed by atoms with Gasteiger partial charge in [-0.2, -0.15) is 4.31 Å². The minimum Gasteiger partial charge on any atom is -0.486 e. The number of hydrogen-bond acceptors (Lipinski definition) is 5. The molecule has 2 aromatic rings. The van der Waals surface area contributed by atoms with E-state index < -0.39 is 10.0 Å². The van der Waals surface area contributed by atoms with E-state index in [0.717, 1.165) is 24.8 Å². The Kier molecular flexibility index (Phi) is 5.59. The van der Waals surface area contributed by atoms with Crippen LogP contribution in [0.4, 0.5) is 0 Å². The lowest BCUT2D eigenvalue weighted by Crippen LogP contribution is -2.53. The Bertz CT molecular complexity index is 1090. The highest BCUT2D eigenvalue weighted by Crippen LogP contribution is 2.42.